The molecule has 1 aromatic rings. The quantitative estimate of drug-likeness (QED) is 0.564. The maximum atomic E-state index is 10.7. The summed E-state index contributed by atoms with van der Waals surface area (Å²) in [6.07, 6.45) is 0.0400. The van der Waals surface area contributed by atoms with E-state index in [4.69, 9.17) is 20.9 Å². The Kier molecular flexibility index (Phi) is 6.62. The monoisotopic (exact) mass is 335 g/mol. The van der Waals surface area contributed by atoms with Crippen molar-refractivity contribution in [2.45, 2.75) is 31.9 Å². The van der Waals surface area contributed by atoms with Crippen LogP contribution >= 0.6 is 11.6 Å². The molecule has 0 heterocycles. The summed E-state index contributed by atoms with van der Waals surface area (Å²) in [6, 6.07) is 7.45. The number of benzene rings is 1. The molecule has 5 nitrogen and oxygen atoms in total. The lowest BCUT2D eigenvalue weighted by Gasteiger charge is -2.35. The van der Waals surface area contributed by atoms with Crippen molar-refractivity contribution in [3.63, 3.8) is 0 Å². The van der Waals surface area contributed by atoms with E-state index in [9.17, 15) is 8.42 Å². The van der Waals surface area contributed by atoms with Gasteiger partial charge in [0.05, 0.1) is 5.75 Å². The zero-order valence-electron chi connectivity index (χ0n) is 12.5. The van der Waals surface area contributed by atoms with Gasteiger partial charge in [0.2, 0.25) is 0 Å². The van der Waals surface area contributed by atoms with Crippen molar-refractivity contribution in [3.05, 3.63) is 34.9 Å². The van der Waals surface area contributed by atoms with E-state index < -0.39 is 15.7 Å². The van der Waals surface area contributed by atoms with Crippen LogP contribution in [0.1, 0.15) is 31.9 Å². The SMILES string of the molecule is COC(c1ccccc1Cl)C(C)(C)NCCCS(=O)(=O)O. The van der Waals surface area contributed by atoms with Crippen molar-refractivity contribution in [2.24, 2.45) is 0 Å². The first-order valence-electron chi connectivity index (χ1n) is 6.65. The molecule has 0 radical (unpaired) electrons. The lowest BCUT2D eigenvalue weighted by atomic mass is 9.91. The summed E-state index contributed by atoms with van der Waals surface area (Å²) in [5.41, 5.74) is 0.424. The minimum Gasteiger partial charge on any atom is -0.375 e. The highest BCUT2D eigenvalue weighted by Gasteiger charge is 2.31. The molecule has 0 bridgehead atoms. The number of hydrogen-bond donors (Lipinski definition) is 2. The molecular weight excluding hydrogens is 314 g/mol. The Balaban J connectivity index is 2.72. The Morgan fingerprint density at radius 2 is 2.00 bits per heavy atom. The molecule has 21 heavy (non-hydrogen) atoms. The van der Waals surface area contributed by atoms with Gasteiger partial charge >= 0.3 is 0 Å². The van der Waals surface area contributed by atoms with Crippen LogP contribution in [0.15, 0.2) is 24.3 Å². The highest BCUT2D eigenvalue weighted by atomic mass is 35.5. The average molecular weight is 336 g/mol. The zero-order valence-corrected chi connectivity index (χ0v) is 14.0. The Morgan fingerprint density at radius 3 is 2.52 bits per heavy atom. The van der Waals surface area contributed by atoms with Crippen molar-refractivity contribution in [1.82, 2.24) is 5.32 Å². The summed E-state index contributed by atoms with van der Waals surface area (Å²) in [7, 11) is -2.31. The van der Waals surface area contributed by atoms with Crippen LogP contribution in [-0.2, 0) is 14.9 Å². The molecule has 7 heteroatoms. The molecule has 0 aliphatic rings. The average Bonchev–Trinajstić information content (AvgIpc) is 2.36. The second-order valence-electron chi connectivity index (χ2n) is 5.43. The molecule has 0 aromatic heterocycles. The summed E-state index contributed by atoms with van der Waals surface area (Å²) in [4.78, 5) is 0. The van der Waals surface area contributed by atoms with Gasteiger partial charge in [-0.05, 0) is 32.9 Å². The highest BCUT2D eigenvalue weighted by Crippen LogP contribution is 2.33. The van der Waals surface area contributed by atoms with Gasteiger partial charge in [0.15, 0.2) is 0 Å². The van der Waals surface area contributed by atoms with Gasteiger partial charge < -0.3 is 10.1 Å². The van der Waals surface area contributed by atoms with Crippen molar-refractivity contribution in [3.8, 4) is 0 Å². The van der Waals surface area contributed by atoms with E-state index in [1.54, 1.807) is 13.2 Å². The Bertz CT molecular complexity index is 560. The van der Waals surface area contributed by atoms with E-state index in [0.717, 1.165) is 5.56 Å². The smallest absolute Gasteiger partial charge is 0.264 e. The first-order valence-corrected chi connectivity index (χ1v) is 8.63. The Morgan fingerprint density at radius 1 is 1.38 bits per heavy atom. The summed E-state index contributed by atoms with van der Waals surface area (Å²) in [6.45, 7) is 4.35. The molecule has 0 aliphatic heterocycles. The molecule has 2 N–H and O–H groups in total. The number of halogens is 1. The molecule has 1 unspecified atom stereocenters. The molecule has 0 saturated heterocycles. The van der Waals surface area contributed by atoms with E-state index >= 15 is 0 Å². The zero-order chi connectivity index (χ0) is 16.1. The van der Waals surface area contributed by atoms with Crippen LogP contribution in [0.4, 0.5) is 0 Å². The Labute approximate surface area is 131 Å². The van der Waals surface area contributed by atoms with E-state index in [1.807, 2.05) is 32.0 Å². The van der Waals surface area contributed by atoms with Crippen LogP contribution in [0.25, 0.3) is 0 Å². The van der Waals surface area contributed by atoms with Crippen molar-refractivity contribution < 1.29 is 17.7 Å². The molecule has 1 rings (SSSR count). The van der Waals surface area contributed by atoms with Crippen LogP contribution in [0, 0.1) is 0 Å². The van der Waals surface area contributed by atoms with Gasteiger partial charge in [0.1, 0.15) is 6.10 Å². The first kappa shape index (κ1) is 18.4. The normalized spacial score (nSPS) is 14.1. The molecule has 0 spiro atoms. The highest BCUT2D eigenvalue weighted by molar-refractivity contribution is 7.85. The van der Waals surface area contributed by atoms with Crippen LogP contribution < -0.4 is 5.32 Å². The molecule has 1 aromatic carbocycles. The molecule has 0 saturated carbocycles. The molecule has 1 atom stereocenters. The van der Waals surface area contributed by atoms with Gasteiger partial charge in [-0.25, -0.2) is 0 Å². The Hall–Kier alpha value is -0.660. The third kappa shape index (κ3) is 5.92. The van der Waals surface area contributed by atoms with E-state index in [1.165, 1.54) is 0 Å². The maximum Gasteiger partial charge on any atom is 0.264 e. The maximum absolute atomic E-state index is 10.7. The fourth-order valence-corrected chi connectivity index (χ4v) is 3.00. The van der Waals surface area contributed by atoms with E-state index in [-0.39, 0.29) is 11.9 Å². The fourth-order valence-electron chi connectivity index (χ4n) is 2.26. The van der Waals surface area contributed by atoms with Crippen LogP contribution in [0.5, 0.6) is 0 Å². The first-order chi connectivity index (χ1) is 9.67. The lowest BCUT2D eigenvalue weighted by Crippen LogP contribution is -2.46. The van der Waals surface area contributed by atoms with Gasteiger partial charge in [0.25, 0.3) is 10.1 Å². The third-order valence-electron chi connectivity index (χ3n) is 3.24. The molecular formula is C14H22ClNO4S. The summed E-state index contributed by atoms with van der Waals surface area (Å²) < 4.78 is 35.7. The molecule has 120 valence electrons. The molecule has 0 aliphatic carbocycles. The predicted octanol–water partition coefficient (Wildman–Crippen LogP) is 2.67. The molecule has 0 amide bonds. The molecule has 0 fully saturated rings. The van der Waals surface area contributed by atoms with E-state index in [2.05, 4.69) is 5.32 Å². The number of methoxy groups -OCH3 is 1. The second-order valence-corrected chi connectivity index (χ2v) is 7.40. The van der Waals surface area contributed by atoms with Crippen LogP contribution in [0.3, 0.4) is 0 Å². The topological polar surface area (TPSA) is 75.6 Å². The van der Waals surface area contributed by atoms with Crippen LogP contribution in [0.2, 0.25) is 5.02 Å². The number of ether oxygens (including phenoxy) is 1. The minimum absolute atomic E-state index is 0.264. The third-order valence-corrected chi connectivity index (χ3v) is 4.39. The summed E-state index contributed by atoms with van der Waals surface area (Å²) in [5.74, 6) is -0.264. The van der Waals surface area contributed by atoms with E-state index in [0.29, 0.717) is 18.0 Å². The summed E-state index contributed by atoms with van der Waals surface area (Å²) in [5, 5.41) is 3.87. The minimum atomic E-state index is -3.92. The van der Waals surface area contributed by atoms with Gasteiger partial charge in [-0.15, -0.1) is 0 Å². The second kappa shape index (κ2) is 7.56. The fraction of sp³-hybridized carbons (Fsp3) is 0.571. The largest absolute Gasteiger partial charge is 0.375 e. The van der Waals surface area contributed by atoms with Crippen molar-refractivity contribution in [2.75, 3.05) is 19.4 Å². The standard InChI is InChI=1S/C14H22ClNO4S/c1-14(2,16-9-6-10-21(17,18)19)13(20-3)11-7-4-5-8-12(11)15/h4-5,7-8,13,16H,6,9-10H2,1-3H3,(H,17,18,19). The van der Waals surface area contributed by atoms with Gasteiger partial charge in [-0.2, -0.15) is 8.42 Å². The van der Waals surface area contributed by atoms with Gasteiger partial charge in [-0.3, -0.25) is 4.55 Å². The predicted molar refractivity (Wildman–Crippen MR) is 84.3 cm³/mol. The van der Waals surface area contributed by atoms with Crippen LogP contribution in [-0.4, -0.2) is 37.9 Å². The van der Waals surface area contributed by atoms with Crippen molar-refractivity contribution >= 4 is 21.7 Å². The van der Waals surface area contributed by atoms with Gasteiger partial charge in [-0.1, -0.05) is 29.8 Å². The van der Waals surface area contributed by atoms with Crippen molar-refractivity contribution in [1.29, 1.82) is 0 Å². The number of rotatable bonds is 8. The summed E-state index contributed by atoms with van der Waals surface area (Å²) >= 11 is 6.20. The number of hydrogen-bond acceptors (Lipinski definition) is 4. The number of nitrogens with one attached hydrogen (secondary N) is 1. The van der Waals surface area contributed by atoms with Gasteiger partial charge in [0, 0.05) is 23.2 Å². The lowest BCUT2D eigenvalue weighted by molar-refractivity contribution is 0.0315.